The third kappa shape index (κ3) is 4.49. The number of nitrogens with zero attached hydrogens (tertiary/aromatic N) is 1. The van der Waals surface area contributed by atoms with Gasteiger partial charge in [-0.2, -0.15) is 5.10 Å². The van der Waals surface area contributed by atoms with Gasteiger partial charge < -0.3 is 14.2 Å². The summed E-state index contributed by atoms with van der Waals surface area (Å²) in [4.78, 5) is 0. The molecule has 1 aromatic heterocycles. The van der Waals surface area contributed by atoms with Crippen molar-refractivity contribution in [3.63, 3.8) is 0 Å². The van der Waals surface area contributed by atoms with Gasteiger partial charge in [-0.3, -0.25) is 5.10 Å². The molecule has 0 fully saturated rings. The molecule has 0 unspecified atom stereocenters. The van der Waals surface area contributed by atoms with Crippen molar-refractivity contribution in [3.8, 4) is 5.75 Å². The summed E-state index contributed by atoms with van der Waals surface area (Å²) in [5, 5.41) is 6.39. The van der Waals surface area contributed by atoms with Crippen LogP contribution in [-0.4, -0.2) is 43.7 Å². The van der Waals surface area contributed by atoms with Crippen LogP contribution in [0.4, 0.5) is 0 Å². The number of aromatic amines is 1. The highest BCUT2D eigenvalue weighted by Crippen LogP contribution is 2.03. The summed E-state index contributed by atoms with van der Waals surface area (Å²) in [5.74, 6) is 0.732. The third-order valence-corrected chi connectivity index (χ3v) is 1.40. The molecule has 0 aliphatic carbocycles. The maximum atomic E-state index is 5.27. The summed E-state index contributed by atoms with van der Waals surface area (Å²) in [6.45, 7) is 2.31. The highest BCUT2D eigenvalue weighted by Gasteiger charge is 1.93. The largest absolute Gasteiger partial charge is 0.488 e. The molecule has 1 N–H and O–H groups in total. The number of hydrogen-bond acceptors (Lipinski definition) is 4. The average Bonchev–Trinajstić information content (AvgIpc) is 2.63. The van der Waals surface area contributed by atoms with E-state index in [2.05, 4.69) is 10.2 Å². The maximum Gasteiger partial charge on any atom is 0.157 e. The number of rotatable bonds is 7. The summed E-state index contributed by atoms with van der Waals surface area (Å²) < 4.78 is 15.3. The van der Waals surface area contributed by atoms with E-state index in [9.17, 15) is 0 Å². The number of nitrogens with one attached hydrogen (secondary N) is 1. The molecule has 5 nitrogen and oxygen atoms in total. The van der Waals surface area contributed by atoms with E-state index >= 15 is 0 Å². The number of H-pyrrole nitrogens is 1. The molecule has 0 atom stereocenters. The summed E-state index contributed by atoms with van der Waals surface area (Å²) in [7, 11) is 1.64. The lowest BCUT2D eigenvalue weighted by atomic mass is 10.6. The second-order valence-corrected chi connectivity index (χ2v) is 2.39. The van der Waals surface area contributed by atoms with Crippen molar-refractivity contribution in [2.24, 2.45) is 0 Å². The SMILES string of the molecule is COCCOCCOc1cn[nH]c1. The smallest absolute Gasteiger partial charge is 0.157 e. The molecule has 5 heteroatoms. The van der Waals surface area contributed by atoms with Crippen LogP contribution >= 0.6 is 0 Å². The number of hydrogen-bond donors (Lipinski definition) is 1. The van der Waals surface area contributed by atoms with Crippen LogP contribution in [0.2, 0.25) is 0 Å². The van der Waals surface area contributed by atoms with Crippen LogP contribution in [0.5, 0.6) is 5.75 Å². The van der Waals surface area contributed by atoms with Gasteiger partial charge in [0.2, 0.25) is 0 Å². The summed E-state index contributed by atoms with van der Waals surface area (Å²) in [5.41, 5.74) is 0. The molecule has 0 saturated carbocycles. The lowest BCUT2D eigenvalue weighted by molar-refractivity contribution is 0.0544. The minimum Gasteiger partial charge on any atom is -0.488 e. The van der Waals surface area contributed by atoms with Gasteiger partial charge in [0.15, 0.2) is 5.75 Å². The highest BCUT2D eigenvalue weighted by atomic mass is 16.5. The molecule has 0 spiro atoms. The second kappa shape index (κ2) is 6.45. The van der Waals surface area contributed by atoms with Gasteiger partial charge in [-0.25, -0.2) is 0 Å². The van der Waals surface area contributed by atoms with E-state index in [0.29, 0.717) is 26.4 Å². The predicted molar refractivity (Wildman–Crippen MR) is 46.8 cm³/mol. The highest BCUT2D eigenvalue weighted by molar-refractivity contribution is 5.09. The summed E-state index contributed by atoms with van der Waals surface area (Å²) in [6.07, 6.45) is 3.31. The zero-order valence-corrected chi connectivity index (χ0v) is 7.66. The van der Waals surface area contributed by atoms with Crippen LogP contribution in [0.15, 0.2) is 12.4 Å². The van der Waals surface area contributed by atoms with Crippen molar-refractivity contribution >= 4 is 0 Å². The molecule has 0 amide bonds. The van der Waals surface area contributed by atoms with Crippen LogP contribution in [0, 0.1) is 0 Å². The van der Waals surface area contributed by atoms with Crippen molar-refractivity contribution in [2.45, 2.75) is 0 Å². The first-order chi connectivity index (χ1) is 6.43. The van der Waals surface area contributed by atoms with E-state index in [1.165, 1.54) is 0 Å². The quantitative estimate of drug-likeness (QED) is 0.628. The normalized spacial score (nSPS) is 10.2. The Hall–Kier alpha value is -1.07. The van der Waals surface area contributed by atoms with Crippen molar-refractivity contribution in [2.75, 3.05) is 33.5 Å². The van der Waals surface area contributed by atoms with Crippen LogP contribution in [0.1, 0.15) is 0 Å². The van der Waals surface area contributed by atoms with Gasteiger partial charge in [-0.05, 0) is 0 Å². The minimum atomic E-state index is 0.531. The van der Waals surface area contributed by atoms with Gasteiger partial charge in [0.25, 0.3) is 0 Å². The first-order valence-electron chi connectivity index (χ1n) is 4.11. The Bertz CT molecular complexity index is 201. The van der Waals surface area contributed by atoms with E-state index in [0.717, 1.165) is 5.75 Å². The van der Waals surface area contributed by atoms with E-state index in [4.69, 9.17) is 14.2 Å². The van der Waals surface area contributed by atoms with Gasteiger partial charge in [-0.15, -0.1) is 0 Å². The van der Waals surface area contributed by atoms with Crippen molar-refractivity contribution in [3.05, 3.63) is 12.4 Å². The van der Waals surface area contributed by atoms with Gasteiger partial charge in [0.1, 0.15) is 6.61 Å². The van der Waals surface area contributed by atoms with Crippen LogP contribution in [-0.2, 0) is 9.47 Å². The van der Waals surface area contributed by atoms with E-state index in [-0.39, 0.29) is 0 Å². The second-order valence-electron chi connectivity index (χ2n) is 2.39. The Kier molecular flexibility index (Phi) is 4.97. The first kappa shape index (κ1) is 10.0. The fourth-order valence-corrected chi connectivity index (χ4v) is 0.781. The number of methoxy groups -OCH3 is 1. The monoisotopic (exact) mass is 186 g/mol. The lowest BCUT2D eigenvalue weighted by Gasteiger charge is -2.04. The molecule has 1 aromatic rings. The molecule has 0 bridgehead atoms. The van der Waals surface area contributed by atoms with Crippen LogP contribution in [0.25, 0.3) is 0 Å². The Morgan fingerprint density at radius 1 is 1.31 bits per heavy atom. The Morgan fingerprint density at radius 2 is 2.15 bits per heavy atom. The minimum absolute atomic E-state index is 0.531. The Labute approximate surface area is 77.0 Å². The zero-order chi connectivity index (χ0) is 9.36. The van der Waals surface area contributed by atoms with Gasteiger partial charge >= 0.3 is 0 Å². The number of ether oxygens (including phenoxy) is 3. The summed E-state index contributed by atoms with van der Waals surface area (Å²) in [6, 6.07) is 0. The molecule has 1 heterocycles. The van der Waals surface area contributed by atoms with Crippen LogP contribution in [0.3, 0.4) is 0 Å². The molecule has 0 radical (unpaired) electrons. The van der Waals surface area contributed by atoms with Crippen LogP contribution < -0.4 is 4.74 Å². The molecule has 0 saturated heterocycles. The topological polar surface area (TPSA) is 56.4 Å². The van der Waals surface area contributed by atoms with Crippen molar-refractivity contribution in [1.29, 1.82) is 0 Å². The van der Waals surface area contributed by atoms with Gasteiger partial charge in [0, 0.05) is 7.11 Å². The first-order valence-corrected chi connectivity index (χ1v) is 4.11. The fraction of sp³-hybridized carbons (Fsp3) is 0.625. The standard InChI is InChI=1S/C8H14N2O3/c1-11-2-3-12-4-5-13-8-6-9-10-7-8/h6-7H,2-5H2,1H3,(H,9,10). The zero-order valence-electron chi connectivity index (χ0n) is 7.66. The number of aromatic nitrogens is 2. The molecule has 1 rings (SSSR count). The van der Waals surface area contributed by atoms with Crippen molar-refractivity contribution in [1.82, 2.24) is 10.2 Å². The molecular formula is C8H14N2O3. The lowest BCUT2D eigenvalue weighted by Crippen LogP contribution is -2.09. The van der Waals surface area contributed by atoms with Gasteiger partial charge in [-0.1, -0.05) is 0 Å². The Balaban J connectivity index is 1.90. The molecule has 74 valence electrons. The maximum absolute atomic E-state index is 5.27. The average molecular weight is 186 g/mol. The third-order valence-electron chi connectivity index (χ3n) is 1.40. The molecule has 13 heavy (non-hydrogen) atoms. The molecule has 0 aromatic carbocycles. The molecule has 0 aliphatic rings. The fourth-order valence-electron chi connectivity index (χ4n) is 0.781. The molecular weight excluding hydrogens is 172 g/mol. The molecule has 0 aliphatic heterocycles. The van der Waals surface area contributed by atoms with E-state index in [1.807, 2.05) is 0 Å². The van der Waals surface area contributed by atoms with Gasteiger partial charge in [0.05, 0.1) is 32.2 Å². The Morgan fingerprint density at radius 3 is 2.85 bits per heavy atom. The predicted octanol–water partition coefficient (Wildman–Crippen LogP) is 0.451. The summed E-state index contributed by atoms with van der Waals surface area (Å²) >= 11 is 0. The van der Waals surface area contributed by atoms with E-state index in [1.54, 1.807) is 19.5 Å². The van der Waals surface area contributed by atoms with E-state index < -0.39 is 0 Å². The van der Waals surface area contributed by atoms with Crippen molar-refractivity contribution < 1.29 is 14.2 Å².